The molecule has 0 amide bonds. The zero-order valence-electron chi connectivity index (χ0n) is 19.3. The van der Waals surface area contributed by atoms with Gasteiger partial charge >= 0.3 is 0 Å². The van der Waals surface area contributed by atoms with Crippen molar-refractivity contribution in [3.8, 4) is 0 Å². The summed E-state index contributed by atoms with van der Waals surface area (Å²) in [4.78, 5) is 9.48. The number of fused-ring (bicyclic) bond motifs is 3. The standard InChI is InChI=1S/C28H29N3O4/c32-17-14-23(33)25(24(34)15-17)27-29-26(30-28(31-27)35-18-8-2-3-9-18)22-13-16-7-1-4-10-19(16)20-11-5-6-12-21(20)22/h1,4-7,10-14,17-18,24-25,28,32-34H,2-3,8-9,15H2,(H,29,30,31). The summed E-state index contributed by atoms with van der Waals surface area (Å²) < 4.78 is 6.30. The summed E-state index contributed by atoms with van der Waals surface area (Å²) >= 11 is 0. The molecule has 4 unspecified atom stereocenters. The Morgan fingerprint density at radius 1 is 0.914 bits per heavy atom. The Bertz CT molecular complexity index is 1360. The third-order valence-electron chi connectivity index (χ3n) is 7.21. The number of aliphatic imine (C=N–C) groups is 2. The second-order valence-corrected chi connectivity index (χ2v) is 9.62. The fourth-order valence-electron chi connectivity index (χ4n) is 5.51. The van der Waals surface area contributed by atoms with Crippen molar-refractivity contribution in [1.29, 1.82) is 0 Å². The monoisotopic (exact) mass is 471 g/mol. The summed E-state index contributed by atoms with van der Waals surface area (Å²) in [5.41, 5.74) is 0.903. The molecule has 1 fully saturated rings. The van der Waals surface area contributed by atoms with E-state index in [4.69, 9.17) is 9.73 Å². The van der Waals surface area contributed by atoms with Crippen LogP contribution in [-0.4, -0.2) is 51.7 Å². The quantitative estimate of drug-likeness (QED) is 0.428. The van der Waals surface area contributed by atoms with Gasteiger partial charge in [-0.1, -0.05) is 61.4 Å². The first kappa shape index (κ1) is 22.2. The van der Waals surface area contributed by atoms with Crippen LogP contribution < -0.4 is 5.32 Å². The van der Waals surface area contributed by atoms with E-state index < -0.39 is 24.5 Å². The molecule has 3 aliphatic rings. The summed E-state index contributed by atoms with van der Waals surface area (Å²) in [5, 5.41) is 39.1. The van der Waals surface area contributed by atoms with E-state index in [1.165, 1.54) is 6.08 Å². The Hall–Kier alpha value is -3.26. The maximum absolute atomic E-state index is 10.7. The second-order valence-electron chi connectivity index (χ2n) is 9.62. The van der Waals surface area contributed by atoms with Crippen molar-refractivity contribution < 1.29 is 20.1 Å². The third kappa shape index (κ3) is 4.20. The summed E-state index contributed by atoms with van der Waals surface area (Å²) in [6.07, 6.45) is 3.22. The van der Waals surface area contributed by atoms with E-state index in [2.05, 4.69) is 40.6 Å². The van der Waals surface area contributed by atoms with E-state index in [-0.39, 0.29) is 18.3 Å². The zero-order chi connectivity index (χ0) is 23.9. The lowest BCUT2D eigenvalue weighted by Crippen LogP contribution is -2.45. The highest BCUT2D eigenvalue weighted by Crippen LogP contribution is 2.32. The molecule has 0 spiro atoms. The molecule has 1 heterocycles. The number of amidine groups is 2. The minimum Gasteiger partial charge on any atom is -0.512 e. The lowest BCUT2D eigenvalue weighted by atomic mass is 9.88. The summed E-state index contributed by atoms with van der Waals surface area (Å²) in [7, 11) is 0. The van der Waals surface area contributed by atoms with Crippen LogP contribution in [0.5, 0.6) is 0 Å². The molecule has 0 saturated heterocycles. The third-order valence-corrected chi connectivity index (χ3v) is 7.21. The molecule has 1 aliphatic heterocycles. The molecule has 1 saturated carbocycles. The smallest absolute Gasteiger partial charge is 0.228 e. The van der Waals surface area contributed by atoms with Crippen molar-refractivity contribution in [2.75, 3.05) is 0 Å². The molecule has 7 nitrogen and oxygen atoms in total. The van der Waals surface area contributed by atoms with E-state index in [0.29, 0.717) is 11.7 Å². The summed E-state index contributed by atoms with van der Waals surface area (Å²) in [6.45, 7) is 0. The Kier molecular flexibility index (Phi) is 5.76. The van der Waals surface area contributed by atoms with Gasteiger partial charge in [-0.3, -0.25) is 0 Å². The molecule has 2 aliphatic carbocycles. The first-order chi connectivity index (χ1) is 17.1. The molecule has 7 heteroatoms. The number of rotatable bonds is 4. The lowest BCUT2D eigenvalue weighted by Gasteiger charge is -2.32. The Balaban J connectivity index is 1.48. The van der Waals surface area contributed by atoms with Crippen LogP contribution in [0.2, 0.25) is 0 Å². The van der Waals surface area contributed by atoms with Crippen molar-refractivity contribution >= 4 is 33.2 Å². The number of benzene rings is 3. The highest BCUT2D eigenvalue weighted by atomic mass is 16.5. The molecule has 3 aromatic rings. The largest absolute Gasteiger partial charge is 0.512 e. The maximum atomic E-state index is 10.7. The van der Waals surface area contributed by atoms with Crippen LogP contribution in [0.15, 0.2) is 76.4 Å². The average Bonchev–Trinajstić information content (AvgIpc) is 3.36. The molecule has 3 aromatic carbocycles. The maximum Gasteiger partial charge on any atom is 0.228 e. The van der Waals surface area contributed by atoms with Gasteiger partial charge in [0, 0.05) is 12.0 Å². The van der Waals surface area contributed by atoms with Gasteiger partial charge in [0.2, 0.25) is 6.35 Å². The van der Waals surface area contributed by atoms with Crippen molar-refractivity contribution in [2.45, 2.75) is 56.8 Å². The number of aliphatic hydroxyl groups is 3. The van der Waals surface area contributed by atoms with Gasteiger partial charge in [0.25, 0.3) is 0 Å². The number of nitrogens with zero attached hydrogens (tertiary/aromatic N) is 2. The fourth-order valence-corrected chi connectivity index (χ4v) is 5.51. The normalized spacial score (nSPS) is 27.4. The van der Waals surface area contributed by atoms with Crippen molar-refractivity contribution in [1.82, 2.24) is 5.32 Å². The first-order valence-electron chi connectivity index (χ1n) is 12.3. The van der Waals surface area contributed by atoms with Crippen LogP contribution in [-0.2, 0) is 4.74 Å². The molecule has 6 rings (SSSR count). The summed E-state index contributed by atoms with van der Waals surface area (Å²) in [6, 6.07) is 18.6. The summed E-state index contributed by atoms with van der Waals surface area (Å²) in [5.74, 6) is -0.0573. The van der Waals surface area contributed by atoms with E-state index in [9.17, 15) is 15.3 Å². The Morgan fingerprint density at radius 3 is 2.40 bits per heavy atom. The molecular formula is C28H29N3O4. The van der Waals surface area contributed by atoms with Crippen LogP contribution >= 0.6 is 0 Å². The molecule has 35 heavy (non-hydrogen) atoms. The van der Waals surface area contributed by atoms with Gasteiger partial charge in [0.05, 0.1) is 18.3 Å². The molecule has 0 aromatic heterocycles. The van der Waals surface area contributed by atoms with Gasteiger partial charge in [-0.25, -0.2) is 9.98 Å². The second kappa shape index (κ2) is 9.07. The number of hydrogen-bond acceptors (Lipinski definition) is 7. The van der Waals surface area contributed by atoms with Gasteiger partial charge in [-0.15, -0.1) is 0 Å². The lowest BCUT2D eigenvalue weighted by molar-refractivity contribution is -0.0123. The zero-order valence-corrected chi connectivity index (χ0v) is 19.3. The Morgan fingerprint density at radius 2 is 1.63 bits per heavy atom. The van der Waals surface area contributed by atoms with Crippen LogP contribution in [0, 0.1) is 5.92 Å². The van der Waals surface area contributed by atoms with Crippen LogP contribution in [0.1, 0.15) is 37.7 Å². The number of ether oxygens (including phenoxy) is 1. The van der Waals surface area contributed by atoms with Crippen molar-refractivity contribution in [3.63, 3.8) is 0 Å². The van der Waals surface area contributed by atoms with Gasteiger partial charge < -0.3 is 25.4 Å². The van der Waals surface area contributed by atoms with Gasteiger partial charge in [-0.05, 0) is 46.5 Å². The molecular weight excluding hydrogens is 442 g/mol. The Labute approximate surface area is 203 Å². The van der Waals surface area contributed by atoms with E-state index >= 15 is 0 Å². The molecule has 4 N–H and O–H groups in total. The van der Waals surface area contributed by atoms with Gasteiger partial charge in [-0.2, -0.15) is 0 Å². The molecule has 0 bridgehead atoms. The van der Waals surface area contributed by atoms with Crippen LogP contribution in [0.4, 0.5) is 0 Å². The SMILES string of the molecule is OC1=CC(O)CC(O)C1C1=NC(OC2CCCC2)NC(c2cc3ccccc3c3ccccc23)=N1. The van der Waals surface area contributed by atoms with Crippen molar-refractivity contribution in [2.24, 2.45) is 15.9 Å². The van der Waals surface area contributed by atoms with Gasteiger partial charge in [0.1, 0.15) is 23.3 Å². The minimum absolute atomic E-state index is 0.104. The predicted octanol–water partition coefficient (Wildman–Crippen LogP) is 4.17. The molecule has 180 valence electrons. The topological polar surface area (TPSA) is 107 Å². The van der Waals surface area contributed by atoms with E-state index in [1.54, 1.807) is 0 Å². The predicted molar refractivity (Wildman–Crippen MR) is 137 cm³/mol. The van der Waals surface area contributed by atoms with Crippen LogP contribution in [0.25, 0.3) is 21.5 Å². The van der Waals surface area contributed by atoms with Gasteiger partial charge in [0.15, 0.2) is 0 Å². The molecule has 0 radical (unpaired) electrons. The number of hydrogen-bond donors (Lipinski definition) is 4. The number of nitrogens with one attached hydrogen (secondary N) is 1. The average molecular weight is 472 g/mol. The highest BCUT2D eigenvalue weighted by molar-refractivity contribution is 6.20. The highest BCUT2D eigenvalue weighted by Gasteiger charge is 2.37. The van der Waals surface area contributed by atoms with Crippen molar-refractivity contribution in [3.05, 3.63) is 72.0 Å². The number of aliphatic hydroxyl groups excluding tert-OH is 3. The van der Waals surface area contributed by atoms with E-state index in [0.717, 1.165) is 52.8 Å². The minimum atomic E-state index is -1.00. The van der Waals surface area contributed by atoms with E-state index in [1.807, 2.05) is 24.3 Å². The first-order valence-corrected chi connectivity index (χ1v) is 12.3. The fraction of sp³-hybridized carbons (Fsp3) is 0.357. The molecule has 4 atom stereocenters. The van der Waals surface area contributed by atoms with Crippen LogP contribution in [0.3, 0.4) is 0 Å².